The zero-order valence-electron chi connectivity index (χ0n) is 8.51. The lowest BCUT2D eigenvalue weighted by atomic mass is 10.4. The van der Waals surface area contributed by atoms with Crippen molar-refractivity contribution in [1.82, 2.24) is 25.1 Å². The summed E-state index contributed by atoms with van der Waals surface area (Å²) in [5, 5.41) is 12.8. The quantitative estimate of drug-likeness (QED) is 0.710. The lowest BCUT2D eigenvalue weighted by Crippen LogP contribution is -2.04. The molecule has 3 rings (SSSR count). The molecule has 0 atom stereocenters. The highest BCUT2D eigenvalue weighted by molar-refractivity contribution is 7.16. The Morgan fingerprint density at radius 1 is 1.41 bits per heavy atom. The minimum atomic E-state index is 0.236. The van der Waals surface area contributed by atoms with E-state index in [0.29, 0.717) is 12.4 Å². The summed E-state index contributed by atoms with van der Waals surface area (Å²) in [7, 11) is 0. The van der Waals surface area contributed by atoms with Gasteiger partial charge in [0, 0.05) is 0 Å². The Morgan fingerprint density at radius 2 is 2.35 bits per heavy atom. The van der Waals surface area contributed by atoms with E-state index in [1.54, 1.807) is 0 Å². The number of halogens is 1. The van der Waals surface area contributed by atoms with Crippen molar-refractivity contribution < 1.29 is 0 Å². The Balaban J connectivity index is 1.91. The van der Waals surface area contributed by atoms with Crippen LogP contribution in [0.15, 0.2) is 17.8 Å². The maximum atomic E-state index is 5.85. The number of aromatic nitrogens is 5. The summed E-state index contributed by atoms with van der Waals surface area (Å²) < 4.78 is 0. The van der Waals surface area contributed by atoms with E-state index in [2.05, 4.69) is 30.5 Å². The molecule has 0 saturated carbocycles. The first-order valence-corrected chi connectivity index (χ1v) is 6.07. The molecule has 0 saturated heterocycles. The number of anilines is 1. The number of hydrogen-bond donors (Lipinski definition) is 2. The molecule has 3 aromatic heterocycles. The minimum absolute atomic E-state index is 0.236. The van der Waals surface area contributed by atoms with Crippen LogP contribution in [0.25, 0.3) is 10.2 Å². The van der Waals surface area contributed by atoms with Gasteiger partial charge in [-0.05, 0) is 23.0 Å². The lowest BCUT2D eigenvalue weighted by Gasteiger charge is -2.04. The molecule has 0 spiro atoms. The van der Waals surface area contributed by atoms with E-state index in [4.69, 9.17) is 11.6 Å². The first-order chi connectivity index (χ1) is 8.33. The van der Waals surface area contributed by atoms with E-state index < -0.39 is 0 Å². The number of rotatable bonds is 3. The monoisotopic (exact) mass is 266 g/mol. The minimum Gasteiger partial charge on any atom is -0.362 e. The molecule has 0 fully saturated rings. The average Bonchev–Trinajstić information content (AvgIpc) is 2.95. The highest BCUT2D eigenvalue weighted by Crippen LogP contribution is 2.26. The summed E-state index contributed by atoms with van der Waals surface area (Å²) in [5.41, 5.74) is 0. The molecule has 3 heterocycles. The summed E-state index contributed by atoms with van der Waals surface area (Å²) in [5.74, 6) is 1.45. The van der Waals surface area contributed by atoms with Crippen molar-refractivity contribution >= 4 is 39.0 Å². The lowest BCUT2D eigenvalue weighted by molar-refractivity contribution is 0.948. The van der Waals surface area contributed by atoms with Crippen molar-refractivity contribution in [2.24, 2.45) is 0 Å². The molecule has 86 valence electrons. The number of nitrogens with zero attached hydrogens (tertiary/aromatic N) is 4. The molecule has 0 amide bonds. The predicted molar refractivity (Wildman–Crippen MR) is 66.1 cm³/mol. The molecular formula is C9H7ClN6S. The SMILES string of the molecule is Clc1nc(NCc2ncn[nH]2)c2ccsc2n1. The van der Waals surface area contributed by atoms with Gasteiger partial charge in [-0.3, -0.25) is 5.10 Å². The third kappa shape index (κ3) is 2.06. The molecule has 3 aromatic rings. The van der Waals surface area contributed by atoms with Crippen LogP contribution in [0.5, 0.6) is 0 Å². The van der Waals surface area contributed by atoms with Gasteiger partial charge in [0.15, 0.2) is 0 Å². The first-order valence-electron chi connectivity index (χ1n) is 4.82. The normalized spacial score (nSPS) is 10.9. The van der Waals surface area contributed by atoms with Gasteiger partial charge in [0.2, 0.25) is 5.28 Å². The molecule has 6 nitrogen and oxygen atoms in total. The zero-order chi connectivity index (χ0) is 11.7. The predicted octanol–water partition coefficient (Wildman–Crippen LogP) is 2.07. The highest BCUT2D eigenvalue weighted by Gasteiger charge is 2.07. The van der Waals surface area contributed by atoms with E-state index in [9.17, 15) is 0 Å². The maximum Gasteiger partial charge on any atom is 0.225 e. The van der Waals surface area contributed by atoms with Gasteiger partial charge in [0.05, 0.1) is 11.9 Å². The van der Waals surface area contributed by atoms with Crippen molar-refractivity contribution in [3.8, 4) is 0 Å². The van der Waals surface area contributed by atoms with Crippen LogP contribution in [0.1, 0.15) is 5.82 Å². The van der Waals surface area contributed by atoms with Crippen molar-refractivity contribution in [3.63, 3.8) is 0 Å². The average molecular weight is 267 g/mol. The van der Waals surface area contributed by atoms with Crippen LogP contribution in [0, 0.1) is 0 Å². The number of hydrogen-bond acceptors (Lipinski definition) is 6. The number of nitrogens with one attached hydrogen (secondary N) is 2. The number of aromatic amines is 1. The van der Waals surface area contributed by atoms with Gasteiger partial charge in [0.1, 0.15) is 22.8 Å². The van der Waals surface area contributed by atoms with E-state index in [-0.39, 0.29) is 5.28 Å². The summed E-state index contributed by atoms with van der Waals surface area (Å²) in [6.45, 7) is 0.512. The molecular weight excluding hydrogens is 260 g/mol. The van der Waals surface area contributed by atoms with Crippen molar-refractivity contribution in [1.29, 1.82) is 0 Å². The number of H-pyrrole nitrogens is 1. The Bertz CT molecular complexity index is 634. The number of fused-ring (bicyclic) bond motifs is 1. The molecule has 2 N–H and O–H groups in total. The third-order valence-corrected chi connectivity index (χ3v) is 3.16. The Kier molecular flexibility index (Phi) is 2.62. The second-order valence-corrected chi connectivity index (χ2v) is 4.50. The van der Waals surface area contributed by atoms with Crippen LogP contribution in [0.2, 0.25) is 5.28 Å². The van der Waals surface area contributed by atoms with E-state index >= 15 is 0 Å². The fraction of sp³-hybridized carbons (Fsp3) is 0.111. The molecule has 0 radical (unpaired) electrons. The summed E-state index contributed by atoms with van der Waals surface area (Å²) in [4.78, 5) is 13.2. The fourth-order valence-electron chi connectivity index (χ4n) is 1.45. The van der Waals surface area contributed by atoms with Crippen molar-refractivity contribution in [2.75, 3.05) is 5.32 Å². The Labute approximate surface area is 105 Å². The molecule has 0 aliphatic carbocycles. The van der Waals surface area contributed by atoms with Crippen molar-refractivity contribution in [3.05, 3.63) is 28.9 Å². The van der Waals surface area contributed by atoms with Gasteiger partial charge in [0.25, 0.3) is 0 Å². The van der Waals surface area contributed by atoms with Crippen LogP contribution < -0.4 is 5.32 Å². The Morgan fingerprint density at radius 3 is 3.18 bits per heavy atom. The van der Waals surface area contributed by atoms with Gasteiger partial charge in [-0.15, -0.1) is 11.3 Å². The zero-order valence-corrected chi connectivity index (χ0v) is 10.1. The number of thiophene rings is 1. The fourth-order valence-corrected chi connectivity index (χ4v) is 2.43. The van der Waals surface area contributed by atoms with Crippen LogP contribution in [-0.4, -0.2) is 25.1 Å². The molecule has 0 unspecified atom stereocenters. The highest BCUT2D eigenvalue weighted by atomic mass is 35.5. The molecule has 0 aliphatic heterocycles. The second-order valence-electron chi connectivity index (χ2n) is 3.27. The topological polar surface area (TPSA) is 79.4 Å². The second kappa shape index (κ2) is 4.27. The van der Waals surface area contributed by atoms with Gasteiger partial charge >= 0.3 is 0 Å². The third-order valence-electron chi connectivity index (χ3n) is 2.19. The smallest absolute Gasteiger partial charge is 0.225 e. The molecule has 17 heavy (non-hydrogen) atoms. The van der Waals surface area contributed by atoms with Crippen LogP contribution in [0.4, 0.5) is 5.82 Å². The summed E-state index contributed by atoms with van der Waals surface area (Å²) in [6, 6.07) is 1.96. The van der Waals surface area contributed by atoms with Gasteiger partial charge in [-0.25, -0.2) is 15.0 Å². The van der Waals surface area contributed by atoms with E-state index in [1.807, 2.05) is 11.4 Å². The largest absolute Gasteiger partial charge is 0.362 e. The van der Waals surface area contributed by atoms with Gasteiger partial charge in [-0.2, -0.15) is 5.10 Å². The van der Waals surface area contributed by atoms with Gasteiger partial charge < -0.3 is 5.32 Å². The van der Waals surface area contributed by atoms with Crippen LogP contribution in [-0.2, 0) is 6.54 Å². The molecule has 8 heteroatoms. The first kappa shape index (κ1) is 10.4. The van der Waals surface area contributed by atoms with Crippen molar-refractivity contribution in [2.45, 2.75) is 6.54 Å². The Hall–Kier alpha value is -1.73. The van der Waals surface area contributed by atoms with Gasteiger partial charge in [-0.1, -0.05) is 0 Å². The molecule has 0 bridgehead atoms. The summed E-state index contributed by atoms with van der Waals surface area (Å²) in [6.07, 6.45) is 1.46. The standard InChI is InChI=1S/C9H7ClN6S/c10-9-14-7(5-1-2-17-8(5)15-9)11-3-6-12-4-13-16-6/h1-2,4H,3H2,(H,11,14,15)(H,12,13,16). The molecule has 0 aromatic carbocycles. The maximum absolute atomic E-state index is 5.85. The molecule has 0 aliphatic rings. The summed E-state index contributed by atoms with van der Waals surface area (Å²) >= 11 is 7.38. The van der Waals surface area contributed by atoms with Crippen LogP contribution in [0.3, 0.4) is 0 Å². The van der Waals surface area contributed by atoms with E-state index in [1.165, 1.54) is 17.7 Å². The van der Waals surface area contributed by atoms with E-state index in [0.717, 1.165) is 16.0 Å². The van der Waals surface area contributed by atoms with Crippen LogP contribution >= 0.6 is 22.9 Å².